The Balaban J connectivity index is 1.37. The summed E-state index contributed by atoms with van der Waals surface area (Å²) in [5.74, 6) is 4.73. The van der Waals surface area contributed by atoms with Crippen LogP contribution in [0.3, 0.4) is 0 Å². The number of likely N-dealkylation sites (tertiary alicyclic amines) is 1. The molecular formula is C30H29F3N2O5. The van der Waals surface area contributed by atoms with Crippen molar-refractivity contribution in [3.63, 3.8) is 0 Å². The van der Waals surface area contributed by atoms with Gasteiger partial charge in [0.1, 0.15) is 11.7 Å². The number of piperidine rings is 1. The molecule has 1 amide bonds. The second-order valence-corrected chi connectivity index (χ2v) is 11.2. The number of esters is 1. The van der Waals surface area contributed by atoms with Crippen LogP contribution in [0.4, 0.5) is 13.2 Å². The highest BCUT2D eigenvalue weighted by Gasteiger charge is 2.75. The lowest BCUT2D eigenvalue weighted by atomic mass is 9.48. The van der Waals surface area contributed by atoms with E-state index in [0.717, 1.165) is 29.8 Å². The molecule has 2 aliphatic heterocycles. The largest absolute Gasteiger partial charge is 0.504 e. The van der Waals surface area contributed by atoms with Crippen LogP contribution in [0.1, 0.15) is 48.4 Å². The number of amides is 1. The molecule has 0 aromatic heterocycles. The first-order valence-corrected chi connectivity index (χ1v) is 13.3. The highest BCUT2D eigenvalue weighted by molar-refractivity contribution is 5.94. The lowest BCUT2D eigenvalue weighted by Gasteiger charge is -2.65. The predicted octanol–water partition coefficient (Wildman–Crippen LogP) is 3.64. The van der Waals surface area contributed by atoms with Crippen LogP contribution >= 0.6 is 0 Å². The molecule has 210 valence electrons. The summed E-state index contributed by atoms with van der Waals surface area (Å²) < 4.78 is 51.5. The van der Waals surface area contributed by atoms with Gasteiger partial charge in [0, 0.05) is 31.0 Å². The fourth-order valence-electron chi connectivity index (χ4n) is 7.66. The van der Waals surface area contributed by atoms with E-state index in [0.29, 0.717) is 31.4 Å². The molecule has 7 nitrogen and oxygen atoms in total. The maximum Gasteiger partial charge on any atom is 0.416 e. The number of phenols is 1. The quantitative estimate of drug-likeness (QED) is 0.451. The minimum absolute atomic E-state index is 0.00598. The van der Waals surface area contributed by atoms with Gasteiger partial charge < -0.3 is 19.5 Å². The first-order valence-electron chi connectivity index (χ1n) is 13.3. The van der Waals surface area contributed by atoms with Gasteiger partial charge in [0.25, 0.3) is 5.91 Å². The Morgan fingerprint density at radius 1 is 1.18 bits per heavy atom. The molecule has 1 saturated heterocycles. The van der Waals surface area contributed by atoms with E-state index in [4.69, 9.17) is 9.47 Å². The van der Waals surface area contributed by atoms with Crippen LogP contribution in [-0.2, 0) is 32.3 Å². The first-order chi connectivity index (χ1) is 18.9. The number of hydrogen-bond acceptors (Lipinski definition) is 6. The molecule has 4 aliphatic rings. The SMILES string of the molecule is CC(=O)O[C@@]12CC[C@@H](N(C)C(=O)C#Cc3ccc(C(F)(F)F)cc3)[C@@H]3Oc4c(O)ccc5c4[C@@]31CCN(C)[C@@H]2C5. The van der Waals surface area contributed by atoms with Crippen molar-refractivity contribution in [1.29, 1.82) is 0 Å². The number of likely N-dealkylation sites (N-methyl/N-ethyl adjacent to an activating group) is 2. The summed E-state index contributed by atoms with van der Waals surface area (Å²) in [5.41, 5.74) is -0.264. The van der Waals surface area contributed by atoms with Crippen molar-refractivity contribution >= 4 is 11.9 Å². The number of hydrogen-bond donors (Lipinski definition) is 1. The van der Waals surface area contributed by atoms with Crippen molar-refractivity contribution in [2.24, 2.45) is 0 Å². The molecule has 6 rings (SSSR count). The summed E-state index contributed by atoms with van der Waals surface area (Å²) in [7, 11) is 3.66. The van der Waals surface area contributed by atoms with Crippen molar-refractivity contribution in [3.05, 3.63) is 58.7 Å². The zero-order valence-corrected chi connectivity index (χ0v) is 22.3. The number of nitrogens with zero attached hydrogens (tertiary/aromatic N) is 2. The van der Waals surface area contributed by atoms with Gasteiger partial charge in [-0.3, -0.25) is 14.5 Å². The van der Waals surface area contributed by atoms with Crippen molar-refractivity contribution in [3.8, 4) is 23.3 Å². The number of benzene rings is 2. The predicted molar refractivity (Wildman–Crippen MR) is 138 cm³/mol. The maximum atomic E-state index is 13.3. The number of ether oxygens (including phenoxy) is 2. The number of rotatable bonds is 2. The number of aromatic hydroxyl groups is 1. The zero-order chi connectivity index (χ0) is 28.6. The summed E-state index contributed by atoms with van der Waals surface area (Å²) in [6.07, 6.45) is -2.84. The molecule has 0 radical (unpaired) electrons. The second kappa shape index (κ2) is 8.90. The van der Waals surface area contributed by atoms with E-state index in [9.17, 15) is 27.9 Å². The highest BCUT2D eigenvalue weighted by atomic mass is 19.4. The topological polar surface area (TPSA) is 79.3 Å². The Morgan fingerprint density at radius 3 is 2.58 bits per heavy atom. The number of carbonyl (C=O) groups is 2. The van der Waals surface area contributed by atoms with Crippen LogP contribution in [0, 0.1) is 11.8 Å². The summed E-state index contributed by atoms with van der Waals surface area (Å²) in [6, 6.07) is 7.31. The van der Waals surface area contributed by atoms with Gasteiger partial charge in [0.2, 0.25) is 0 Å². The van der Waals surface area contributed by atoms with Crippen LogP contribution in [0.2, 0.25) is 0 Å². The Morgan fingerprint density at radius 2 is 1.90 bits per heavy atom. The zero-order valence-electron chi connectivity index (χ0n) is 22.3. The molecule has 2 bridgehead atoms. The Hall–Kier alpha value is -3.71. The van der Waals surface area contributed by atoms with Crippen LogP contribution in [0.25, 0.3) is 0 Å². The number of carbonyl (C=O) groups excluding carboxylic acids is 2. The standard InChI is InChI=1S/C30H29F3N2O5/c1-17(36)40-29-13-12-21(35(3)24(38)11-6-18-4-8-20(9-5-18)30(31,32)33)27-28(29)14-15-34(2)23(29)16-19-7-10-22(37)26(39-27)25(19)28/h4-5,7-10,21,23,27,37H,12-16H2,1-3H3/t21-,23-,27+,28+,29-/m1/s1. The van der Waals surface area contributed by atoms with Crippen LogP contribution in [-0.4, -0.2) is 71.2 Å². The van der Waals surface area contributed by atoms with Crippen molar-refractivity contribution in [1.82, 2.24) is 9.80 Å². The summed E-state index contributed by atoms with van der Waals surface area (Å²) in [5, 5.41) is 10.8. The van der Waals surface area contributed by atoms with Crippen LogP contribution in [0.5, 0.6) is 11.5 Å². The molecule has 5 atom stereocenters. The molecule has 2 aromatic rings. The molecule has 40 heavy (non-hydrogen) atoms. The van der Waals surface area contributed by atoms with Gasteiger partial charge in [-0.05, 0) is 75.2 Å². The Bertz CT molecular complexity index is 1460. The monoisotopic (exact) mass is 554 g/mol. The second-order valence-electron chi connectivity index (χ2n) is 11.2. The third kappa shape index (κ3) is 3.63. The van der Waals surface area contributed by atoms with E-state index in [1.54, 1.807) is 13.1 Å². The summed E-state index contributed by atoms with van der Waals surface area (Å²) >= 11 is 0. The Kier molecular flexibility index (Phi) is 5.90. The van der Waals surface area contributed by atoms with E-state index in [-0.39, 0.29) is 23.3 Å². The minimum atomic E-state index is -4.46. The smallest absolute Gasteiger partial charge is 0.416 e. The molecule has 1 saturated carbocycles. The van der Waals surface area contributed by atoms with E-state index in [1.165, 1.54) is 24.0 Å². The summed E-state index contributed by atoms with van der Waals surface area (Å²) in [6.45, 7) is 2.13. The van der Waals surface area contributed by atoms with Crippen molar-refractivity contribution in [2.75, 3.05) is 20.6 Å². The van der Waals surface area contributed by atoms with Crippen LogP contribution < -0.4 is 4.74 Å². The fraction of sp³-hybridized carbons (Fsp3) is 0.467. The normalized spacial score (nSPS) is 29.9. The molecule has 2 fully saturated rings. The maximum absolute atomic E-state index is 13.3. The van der Waals surface area contributed by atoms with Crippen molar-refractivity contribution in [2.45, 2.75) is 68.0 Å². The number of alkyl halides is 3. The lowest BCUT2D eigenvalue weighted by molar-refractivity contribution is -0.220. The minimum Gasteiger partial charge on any atom is -0.504 e. The lowest BCUT2D eigenvalue weighted by Crippen LogP contribution is -2.78. The molecule has 2 aliphatic carbocycles. The van der Waals surface area contributed by atoms with Gasteiger partial charge in [0.05, 0.1) is 23.1 Å². The van der Waals surface area contributed by atoms with Gasteiger partial charge in [-0.25, -0.2) is 0 Å². The molecule has 10 heteroatoms. The molecule has 2 heterocycles. The molecule has 1 N–H and O–H groups in total. The fourth-order valence-corrected chi connectivity index (χ4v) is 7.66. The van der Waals surface area contributed by atoms with Gasteiger partial charge in [-0.15, -0.1) is 0 Å². The van der Waals surface area contributed by atoms with Gasteiger partial charge >= 0.3 is 12.1 Å². The van der Waals surface area contributed by atoms with E-state index < -0.39 is 40.8 Å². The van der Waals surface area contributed by atoms with E-state index in [2.05, 4.69) is 16.7 Å². The summed E-state index contributed by atoms with van der Waals surface area (Å²) in [4.78, 5) is 29.6. The first kappa shape index (κ1) is 26.5. The van der Waals surface area contributed by atoms with Gasteiger partial charge in [-0.1, -0.05) is 12.0 Å². The van der Waals surface area contributed by atoms with Gasteiger partial charge in [-0.2, -0.15) is 13.2 Å². The third-order valence-electron chi connectivity index (χ3n) is 9.33. The highest BCUT2D eigenvalue weighted by Crippen LogP contribution is 2.66. The Labute approximate surface area is 229 Å². The van der Waals surface area contributed by atoms with Gasteiger partial charge in [0.15, 0.2) is 11.5 Å². The number of halogens is 3. The molecule has 0 unspecified atom stereocenters. The molecule has 1 spiro atoms. The third-order valence-corrected chi connectivity index (χ3v) is 9.33. The van der Waals surface area contributed by atoms with Crippen molar-refractivity contribution < 1.29 is 37.3 Å². The molecule has 2 aromatic carbocycles. The van der Waals surface area contributed by atoms with E-state index >= 15 is 0 Å². The molecular weight excluding hydrogens is 525 g/mol. The average molecular weight is 555 g/mol. The van der Waals surface area contributed by atoms with Crippen LogP contribution in [0.15, 0.2) is 36.4 Å². The average Bonchev–Trinajstić information content (AvgIpc) is 3.26. The van der Waals surface area contributed by atoms with E-state index in [1.807, 2.05) is 13.1 Å². The number of phenolic OH excluding ortho intramolecular Hbond substituents is 1.